The summed E-state index contributed by atoms with van der Waals surface area (Å²) in [5.74, 6) is -1.44. The molecule has 0 amide bonds. The molecule has 2 saturated heterocycles. The summed E-state index contributed by atoms with van der Waals surface area (Å²) >= 11 is 0. The zero-order chi connectivity index (χ0) is 28.1. The Labute approximate surface area is 222 Å². The van der Waals surface area contributed by atoms with Crippen LogP contribution in [0.5, 0.6) is 0 Å². The fourth-order valence-electron chi connectivity index (χ4n) is 4.10. The molecule has 2 fully saturated rings. The highest BCUT2D eigenvalue weighted by molar-refractivity contribution is 5.89. The number of rotatable bonds is 8. The molecule has 13 nitrogen and oxygen atoms in total. The van der Waals surface area contributed by atoms with E-state index in [1.54, 1.807) is 36.4 Å². The minimum atomic E-state index is -1.84. The maximum absolute atomic E-state index is 12.2. The maximum atomic E-state index is 12.2. The summed E-state index contributed by atoms with van der Waals surface area (Å²) in [5, 5.41) is 62.1. The van der Waals surface area contributed by atoms with Crippen LogP contribution in [0.15, 0.2) is 60.7 Å². The van der Waals surface area contributed by atoms with Crippen LogP contribution in [-0.2, 0) is 23.7 Å². The third-order valence-corrected chi connectivity index (χ3v) is 6.38. The first-order chi connectivity index (χ1) is 18.7. The van der Waals surface area contributed by atoms with E-state index in [0.29, 0.717) is 0 Å². The third-order valence-electron chi connectivity index (χ3n) is 6.38. The second-order valence-corrected chi connectivity index (χ2v) is 9.09. The number of hydrogen-bond donors (Lipinski definition) is 6. The first-order valence-corrected chi connectivity index (χ1v) is 12.2. The highest BCUT2D eigenvalue weighted by Gasteiger charge is 2.50. The van der Waals surface area contributed by atoms with Gasteiger partial charge < -0.3 is 54.3 Å². The Morgan fingerprint density at radius 1 is 0.564 bits per heavy atom. The van der Waals surface area contributed by atoms with Crippen molar-refractivity contribution >= 4 is 11.9 Å². The second kappa shape index (κ2) is 12.9. The van der Waals surface area contributed by atoms with Crippen molar-refractivity contribution in [3.63, 3.8) is 0 Å². The van der Waals surface area contributed by atoms with E-state index in [1.807, 2.05) is 0 Å². The van der Waals surface area contributed by atoms with Gasteiger partial charge in [0.1, 0.15) is 62.0 Å². The zero-order valence-electron chi connectivity index (χ0n) is 20.5. The molecule has 4 rings (SSSR count). The SMILES string of the molecule is O=C(OC[C@H]1O[C@H](OC2O[C@H](COC(=O)c3ccccc3)[C@@H](O)[C@H](O)[C@H]2O)[C@H](O)[C@@H](O)[C@@H]1O)c1ccccc1. The van der Waals surface area contributed by atoms with Crippen LogP contribution >= 0.6 is 0 Å². The smallest absolute Gasteiger partial charge is 0.338 e. The van der Waals surface area contributed by atoms with Gasteiger partial charge in [0.15, 0.2) is 12.6 Å². The number of esters is 2. The van der Waals surface area contributed by atoms with Crippen LogP contribution in [0.25, 0.3) is 0 Å². The van der Waals surface area contributed by atoms with E-state index >= 15 is 0 Å². The van der Waals surface area contributed by atoms with Gasteiger partial charge in [0.05, 0.1) is 11.1 Å². The van der Waals surface area contributed by atoms with Crippen molar-refractivity contribution in [1.29, 1.82) is 0 Å². The Morgan fingerprint density at radius 3 is 1.28 bits per heavy atom. The summed E-state index contributed by atoms with van der Waals surface area (Å²) in [6.45, 7) is -1.04. The van der Waals surface area contributed by atoms with Gasteiger partial charge in [-0.15, -0.1) is 0 Å². The molecule has 2 aromatic carbocycles. The molecule has 10 atom stereocenters. The molecular weight excluding hydrogens is 520 g/mol. The van der Waals surface area contributed by atoms with Crippen molar-refractivity contribution in [2.75, 3.05) is 13.2 Å². The summed E-state index contributed by atoms with van der Waals surface area (Å²) < 4.78 is 26.7. The minimum absolute atomic E-state index is 0.237. The average molecular weight is 551 g/mol. The summed E-state index contributed by atoms with van der Waals surface area (Å²) in [4.78, 5) is 24.5. The van der Waals surface area contributed by atoms with Gasteiger partial charge in [-0.3, -0.25) is 0 Å². The van der Waals surface area contributed by atoms with Gasteiger partial charge in [0.2, 0.25) is 0 Å². The molecular formula is C26H30O13. The van der Waals surface area contributed by atoms with E-state index in [9.17, 15) is 40.2 Å². The van der Waals surface area contributed by atoms with Crippen LogP contribution in [0.4, 0.5) is 0 Å². The lowest BCUT2D eigenvalue weighted by molar-refractivity contribution is -0.376. The van der Waals surface area contributed by atoms with Gasteiger partial charge in [-0.2, -0.15) is 0 Å². The number of hydrogen-bond acceptors (Lipinski definition) is 13. The first kappa shape index (κ1) is 29.0. The Balaban J connectivity index is 1.38. The average Bonchev–Trinajstić information content (AvgIpc) is 2.96. The molecule has 0 radical (unpaired) electrons. The molecule has 39 heavy (non-hydrogen) atoms. The second-order valence-electron chi connectivity index (χ2n) is 9.09. The van der Waals surface area contributed by atoms with Gasteiger partial charge >= 0.3 is 11.9 Å². The Kier molecular flexibility index (Phi) is 9.61. The van der Waals surface area contributed by atoms with E-state index in [4.69, 9.17) is 23.7 Å². The predicted molar refractivity (Wildman–Crippen MR) is 128 cm³/mol. The topological polar surface area (TPSA) is 202 Å². The van der Waals surface area contributed by atoms with Crippen LogP contribution in [0.3, 0.4) is 0 Å². The van der Waals surface area contributed by atoms with Crippen LogP contribution in [-0.4, -0.2) is 117 Å². The minimum Gasteiger partial charge on any atom is -0.459 e. The summed E-state index contributed by atoms with van der Waals surface area (Å²) in [6.07, 6.45) is -16.8. The molecule has 2 aliphatic rings. The normalized spacial score (nSPS) is 34.7. The Bertz CT molecular complexity index is 998. The summed E-state index contributed by atoms with van der Waals surface area (Å²) in [7, 11) is 0. The fourth-order valence-corrected chi connectivity index (χ4v) is 4.10. The molecule has 0 bridgehead atoms. The lowest BCUT2D eigenvalue weighted by Crippen LogP contribution is -2.64. The van der Waals surface area contributed by atoms with Gasteiger partial charge in [0.25, 0.3) is 0 Å². The molecule has 2 heterocycles. The molecule has 13 heteroatoms. The third kappa shape index (κ3) is 6.78. The van der Waals surface area contributed by atoms with E-state index in [1.165, 1.54) is 24.3 Å². The standard InChI is InChI=1S/C26H30O13/c27-17-15(11-35-23(33)13-7-3-1-4-8-13)37-25(21(31)19(17)29)39-26-22(32)20(30)18(28)16(38-26)12-36-24(34)14-9-5-2-6-10-14/h1-10,15-22,25-32H,11-12H2/t15-,16-,17-,18-,19+,20+,21-,22-,25-,26?/m1/s1. The van der Waals surface area contributed by atoms with E-state index in [2.05, 4.69) is 0 Å². The monoisotopic (exact) mass is 550 g/mol. The maximum Gasteiger partial charge on any atom is 0.338 e. The van der Waals surface area contributed by atoms with Gasteiger partial charge in [-0.25, -0.2) is 9.59 Å². The van der Waals surface area contributed by atoms with Crippen molar-refractivity contribution in [2.45, 2.75) is 61.4 Å². The number of ether oxygens (including phenoxy) is 5. The summed E-state index contributed by atoms with van der Waals surface area (Å²) in [5.41, 5.74) is 0.475. The highest BCUT2D eigenvalue weighted by Crippen LogP contribution is 2.28. The van der Waals surface area contributed by atoms with Crippen LogP contribution in [0.1, 0.15) is 20.7 Å². The number of carbonyl (C=O) groups is 2. The Hall–Kier alpha value is -2.98. The highest BCUT2D eigenvalue weighted by atomic mass is 16.8. The van der Waals surface area contributed by atoms with Gasteiger partial charge in [-0.1, -0.05) is 36.4 Å². The summed E-state index contributed by atoms with van der Waals surface area (Å²) in [6, 6.07) is 16.0. The number of aliphatic hydroxyl groups is 6. The number of benzene rings is 2. The molecule has 6 N–H and O–H groups in total. The van der Waals surface area contributed by atoms with E-state index in [0.717, 1.165) is 0 Å². The molecule has 1 unspecified atom stereocenters. The quantitative estimate of drug-likeness (QED) is 0.204. The van der Waals surface area contributed by atoms with Crippen molar-refractivity contribution in [2.24, 2.45) is 0 Å². The lowest BCUT2D eigenvalue weighted by atomic mass is 9.98. The fraction of sp³-hybridized carbons (Fsp3) is 0.462. The van der Waals surface area contributed by atoms with Gasteiger partial charge in [0, 0.05) is 0 Å². The van der Waals surface area contributed by atoms with Crippen molar-refractivity contribution in [3.8, 4) is 0 Å². The number of aliphatic hydroxyl groups excluding tert-OH is 6. The Morgan fingerprint density at radius 2 is 0.923 bits per heavy atom. The molecule has 0 saturated carbocycles. The molecule has 0 spiro atoms. The van der Waals surface area contributed by atoms with E-state index < -0.39 is 86.6 Å². The van der Waals surface area contributed by atoms with Crippen LogP contribution < -0.4 is 0 Å². The first-order valence-electron chi connectivity index (χ1n) is 12.2. The molecule has 212 valence electrons. The van der Waals surface area contributed by atoms with E-state index in [-0.39, 0.29) is 11.1 Å². The molecule has 0 aliphatic carbocycles. The largest absolute Gasteiger partial charge is 0.459 e. The van der Waals surface area contributed by atoms with Crippen LogP contribution in [0.2, 0.25) is 0 Å². The molecule has 2 aliphatic heterocycles. The molecule has 2 aromatic rings. The van der Waals surface area contributed by atoms with Crippen molar-refractivity contribution < 1.29 is 63.9 Å². The van der Waals surface area contributed by atoms with Crippen molar-refractivity contribution in [1.82, 2.24) is 0 Å². The van der Waals surface area contributed by atoms with Gasteiger partial charge in [-0.05, 0) is 24.3 Å². The lowest BCUT2D eigenvalue weighted by Gasteiger charge is -2.44. The predicted octanol–water partition coefficient (Wildman–Crippen LogP) is -1.67. The van der Waals surface area contributed by atoms with Crippen LogP contribution in [0, 0.1) is 0 Å². The van der Waals surface area contributed by atoms with Crippen molar-refractivity contribution in [3.05, 3.63) is 71.8 Å². The molecule has 0 aromatic heterocycles. The zero-order valence-corrected chi connectivity index (χ0v) is 20.5. The number of carbonyl (C=O) groups excluding carboxylic acids is 2.